The van der Waals surface area contributed by atoms with Crippen molar-refractivity contribution in [2.24, 2.45) is 0 Å². The van der Waals surface area contributed by atoms with Gasteiger partial charge in [-0.3, -0.25) is 4.79 Å². The van der Waals surface area contributed by atoms with Crippen LogP contribution in [0.1, 0.15) is 24.4 Å². The Morgan fingerprint density at radius 2 is 2.12 bits per heavy atom. The van der Waals surface area contributed by atoms with E-state index in [1.165, 1.54) is 19.2 Å². The third kappa shape index (κ3) is 3.65. The van der Waals surface area contributed by atoms with Crippen LogP contribution in [-0.2, 0) is 14.8 Å². The maximum atomic E-state index is 11.7. The first kappa shape index (κ1) is 13.9. The zero-order chi connectivity index (χ0) is 13.1. The Balaban J connectivity index is 2.79. The van der Waals surface area contributed by atoms with Crippen LogP contribution in [0.15, 0.2) is 21.6 Å². The number of rotatable bonds is 6. The summed E-state index contributed by atoms with van der Waals surface area (Å²) in [6, 6.07) is 2.52. The van der Waals surface area contributed by atoms with Crippen LogP contribution >= 0.6 is 0 Å². The molecule has 96 valence electrons. The SMILES string of the molecule is COC(C)(C)CNS(=O)(=O)c1ccc(C=O)o1. The van der Waals surface area contributed by atoms with Gasteiger partial charge in [-0.05, 0) is 26.0 Å². The van der Waals surface area contributed by atoms with Gasteiger partial charge in [-0.25, -0.2) is 13.1 Å². The first-order valence-electron chi connectivity index (χ1n) is 4.90. The minimum atomic E-state index is -3.75. The van der Waals surface area contributed by atoms with Crippen LogP contribution in [0, 0.1) is 0 Å². The van der Waals surface area contributed by atoms with Gasteiger partial charge in [-0.2, -0.15) is 0 Å². The number of furan rings is 1. The number of nitrogens with one attached hydrogen (secondary N) is 1. The van der Waals surface area contributed by atoms with Gasteiger partial charge in [-0.15, -0.1) is 0 Å². The van der Waals surface area contributed by atoms with Crippen molar-refractivity contribution in [2.45, 2.75) is 24.5 Å². The van der Waals surface area contributed by atoms with E-state index in [2.05, 4.69) is 4.72 Å². The summed E-state index contributed by atoms with van der Waals surface area (Å²) in [7, 11) is -2.26. The second-order valence-corrected chi connectivity index (χ2v) is 5.76. The topological polar surface area (TPSA) is 85.6 Å². The van der Waals surface area contributed by atoms with E-state index in [-0.39, 0.29) is 17.4 Å². The molecule has 0 aliphatic carbocycles. The van der Waals surface area contributed by atoms with E-state index < -0.39 is 15.6 Å². The van der Waals surface area contributed by atoms with Crippen LogP contribution in [0.2, 0.25) is 0 Å². The minimum Gasteiger partial charge on any atom is -0.440 e. The number of methoxy groups -OCH3 is 1. The molecule has 7 heteroatoms. The molecule has 0 atom stereocenters. The molecule has 1 aromatic rings. The molecule has 1 heterocycles. The minimum absolute atomic E-state index is 0.0311. The highest BCUT2D eigenvalue weighted by Gasteiger charge is 2.23. The van der Waals surface area contributed by atoms with Crippen molar-refractivity contribution < 1.29 is 22.4 Å². The quantitative estimate of drug-likeness (QED) is 0.765. The second kappa shape index (κ2) is 4.99. The molecule has 0 spiro atoms. The van der Waals surface area contributed by atoms with Gasteiger partial charge in [0, 0.05) is 13.7 Å². The lowest BCUT2D eigenvalue weighted by atomic mass is 10.1. The maximum Gasteiger partial charge on any atom is 0.274 e. The number of carbonyl (C=O) groups excluding carboxylic acids is 1. The molecule has 0 aromatic carbocycles. The summed E-state index contributed by atoms with van der Waals surface area (Å²) in [6.45, 7) is 3.59. The number of hydrogen-bond donors (Lipinski definition) is 1. The van der Waals surface area contributed by atoms with Crippen LogP contribution in [-0.4, -0.2) is 34.0 Å². The van der Waals surface area contributed by atoms with Crippen LogP contribution < -0.4 is 4.72 Å². The van der Waals surface area contributed by atoms with E-state index in [0.717, 1.165) is 0 Å². The lowest BCUT2D eigenvalue weighted by Gasteiger charge is -2.22. The van der Waals surface area contributed by atoms with E-state index in [4.69, 9.17) is 9.15 Å². The molecule has 0 saturated carbocycles. The van der Waals surface area contributed by atoms with Crippen molar-refractivity contribution in [1.82, 2.24) is 4.72 Å². The van der Waals surface area contributed by atoms with Crippen molar-refractivity contribution >= 4 is 16.3 Å². The Morgan fingerprint density at radius 3 is 2.59 bits per heavy atom. The lowest BCUT2D eigenvalue weighted by molar-refractivity contribution is 0.0275. The largest absolute Gasteiger partial charge is 0.440 e. The Morgan fingerprint density at radius 1 is 1.47 bits per heavy atom. The van der Waals surface area contributed by atoms with Gasteiger partial charge in [0.1, 0.15) is 0 Å². The van der Waals surface area contributed by atoms with Gasteiger partial charge in [0.15, 0.2) is 12.0 Å². The number of ether oxygens (including phenoxy) is 1. The summed E-state index contributed by atoms with van der Waals surface area (Å²) in [5.41, 5.74) is -0.618. The lowest BCUT2D eigenvalue weighted by Crippen LogP contribution is -2.39. The maximum absolute atomic E-state index is 11.7. The normalized spacial score (nSPS) is 12.6. The summed E-state index contributed by atoms with van der Waals surface area (Å²) in [4.78, 5) is 10.4. The average Bonchev–Trinajstić information content (AvgIpc) is 2.76. The van der Waals surface area contributed by atoms with Crippen LogP contribution in [0.25, 0.3) is 0 Å². The van der Waals surface area contributed by atoms with Gasteiger partial charge in [-0.1, -0.05) is 0 Å². The smallest absolute Gasteiger partial charge is 0.274 e. The van der Waals surface area contributed by atoms with Gasteiger partial charge < -0.3 is 9.15 Å². The van der Waals surface area contributed by atoms with Gasteiger partial charge in [0.25, 0.3) is 10.0 Å². The van der Waals surface area contributed by atoms with Gasteiger partial charge >= 0.3 is 0 Å². The Kier molecular flexibility index (Phi) is 4.07. The molecule has 1 aromatic heterocycles. The number of carbonyl (C=O) groups is 1. The highest BCUT2D eigenvalue weighted by atomic mass is 32.2. The number of hydrogen-bond acceptors (Lipinski definition) is 5. The van der Waals surface area contributed by atoms with Crippen molar-refractivity contribution in [1.29, 1.82) is 0 Å². The Hall–Kier alpha value is -1.18. The summed E-state index contributed by atoms with van der Waals surface area (Å²) in [5, 5.41) is -0.286. The van der Waals surface area contributed by atoms with E-state index in [1.54, 1.807) is 13.8 Å². The fourth-order valence-corrected chi connectivity index (χ4v) is 2.09. The molecule has 0 bridgehead atoms. The number of sulfonamides is 1. The van der Waals surface area contributed by atoms with Crippen LogP contribution in [0.5, 0.6) is 0 Å². The van der Waals surface area contributed by atoms with E-state index >= 15 is 0 Å². The summed E-state index contributed by atoms with van der Waals surface area (Å²) >= 11 is 0. The van der Waals surface area contributed by atoms with Crippen LogP contribution in [0.4, 0.5) is 0 Å². The third-order valence-corrected chi connectivity index (χ3v) is 3.50. The summed E-state index contributed by atoms with van der Waals surface area (Å²) in [5.74, 6) is -0.0311. The molecule has 0 unspecified atom stereocenters. The van der Waals surface area contributed by atoms with Crippen molar-refractivity contribution in [3.05, 3.63) is 17.9 Å². The molecule has 0 radical (unpaired) electrons. The fraction of sp³-hybridized carbons (Fsp3) is 0.500. The average molecular weight is 261 g/mol. The first-order valence-corrected chi connectivity index (χ1v) is 6.39. The predicted molar refractivity (Wildman–Crippen MR) is 60.4 cm³/mol. The molecule has 0 amide bonds. The van der Waals surface area contributed by atoms with Crippen molar-refractivity contribution in [3.63, 3.8) is 0 Å². The van der Waals surface area contributed by atoms with Crippen LogP contribution in [0.3, 0.4) is 0 Å². The third-order valence-electron chi connectivity index (χ3n) is 2.22. The molecular weight excluding hydrogens is 246 g/mol. The summed E-state index contributed by atoms with van der Waals surface area (Å²) in [6.07, 6.45) is 0.443. The molecular formula is C10H15NO5S. The van der Waals surface area contributed by atoms with Crippen molar-refractivity contribution in [3.8, 4) is 0 Å². The highest BCUT2D eigenvalue weighted by molar-refractivity contribution is 7.89. The molecule has 17 heavy (non-hydrogen) atoms. The van der Waals surface area contributed by atoms with Crippen molar-refractivity contribution in [2.75, 3.05) is 13.7 Å². The zero-order valence-electron chi connectivity index (χ0n) is 9.89. The fourth-order valence-electron chi connectivity index (χ4n) is 0.954. The monoisotopic (exact) mass is 261 g/mol. The Labute approximate surface area is 100 Å². The van der Waals surface area contributed by atoms with E-state index in [1.807, 2.05) is 0 Å². The molecule has 6 nitrogen and oxygen atoms in total. The molecule has 0 saturated heterocycles. The number of aldehydes is 1. The van der Waals surface area contributed by atoms with E-state index in [9.17, 15) is 13.2 Å². The standard InChI is InChI=1S/C10H15NO5S/c1-10(2,15-3)7-11-17(13,14)9-5-4-8(6-12)16-9/h4-6,11H,7H2,1-3H3. The molecule has 0 fully saturated rings. The highest BCUT2D eigenvalue weighted by Crippen LogP contribution is 2.13. The van der Waals surface area contributed by atoms with Gasteiger partial charge in [0.05, 0.1) is 5.60 Å². The predicted octanol–water partition coefficient (Wildman–Crippen LogP) is 0.795. The van der Waals surface area contributed by atoms with E-state index in [0.29, 0.717) is 6.29 Å². The molecule has 0 aliphatic rings. The molecule has 1 rings (SSSR count). The molecule has 0 aliphatic heterocycles. The second-order valence-electron chi connectivity index (χ2n) is 4.06. The zero-order valence-corrected chi connectivity index (χ0v) is 10.7. The summed E-state index contributed by atoms with van der Waals surface area (Å²) < 4.78 is 35.8. The van der Waals surface area contributed by atoms with Gasteiger partial charge in [0.2, 0.25) is 5.09 Å². The first-order chi connectivity index (χ1) is 7.80. The molecule has 1 N–H and O–H groups in total. The Bertz CT molecular complexity index is 489.